The van der Waals surface area contributed by atoms with Crippen LogP contribution < -0.4 is 5.73 Å². The van der Waals surface area contributed by atoms with E-state index in [-0.39, 0.29) is 0 Å². The number of thiophene rings is 1. The number of aromatic carboxylic acids is 1. The highest BCUT2D eigenvalue weighted by Gasteiger charge is 2.07. The highest BCUT2D eigenvalue weighted by Crippen LogP contribution is 2.17. The molecule has 0 spiro atoms. The van der Waals surface area contributed by atoms with Crippen molar-refractivity contribution in [3.05, 3.63) is 28.0 Å². The summed E-state index contributed by atoms with van der Waals surface area (Å²) in [7, 11) is 0. The Balaban J connectivity index is 2.91. The zero-order valence-corrected chi connectivity index (χ0v) is 7.17. The maximum Gasteiger partial charge on any atom is 0.337 e. The van der Waals surface area contributed by atoms with Gasteiger partial charge in [-0.2, -0.15) is 0 Å². The summed E-state index contributed by atoms with van der Waals surface area (Å²) in [6.45, 7) is 0.428. The van der Waals surface area contributed by atoms with E-state index in [0.29, 0.717) is 12.1 Å². The highest BCUT2D eigenvalue weighted by molar-refractivity contribution is 7.11. The van der Waals surface area contributed by atoms with Gasteiger partial charge in [-0.15, -0.1) is 11.3 Å². The van der Waals surface area contributed by atoms with E-state index in [2.05, 4.69) is 0 Å². The van der Waals surface area contributed by atoms with Crippen LogP contribution in [0.4, 0.5) is 0 Å². The Bertz CT molecular complexity index is 304. The van der Waals surface area contributed by atoms with Crippen LogP contribution in [0.3, 0.4) is 0 Å². The molecule has 0 aliphatic rings. The molecule has 0 unspecified atom stereocenters. The fourth-order valence-electron chi connectivity index (χ4n) is 0.802. The third-order valence-corrected chi connectivity index (χ3v) is 2.21. The molecule has 0 saturated heterocycles. The Hall–Kier alpha value is -1.13. The average molecular weight is 183 g/mol. The lowest BCUT2D eigenvalue weighted by atomic mass is 10.2. The molecule has 4 heteroatoms. The summed E-state index contributed by atoms with van der Waals surface area (Å²) in [5.74, 6) is -0.895. The average Bonchev–Trinajstić information content (AvgIpc) is 2.48. The largest absolute Gasteiger partial charge is 0.478 e. The molecule has 0 aliphatic carbocycles. The monoisotopic (exact) mass is 183 g/mol. The lowest BCUT2D eigenvalue weighted by Crippen LogP contribution is -1.96. The number of nitrogens with two attached hydrogens (primary N) is 1. The molecule has 0 bridgehead atoms. The molecule has 1 rings (SSSR count). The third-order valence-electron chi connectivity index (χ3n) is 1.33. The Morgan fingerprint density at radius 1 is 1.75 bits per heavy atom. The van der Waals surface area contributed by atoms with Crippen molar-refractivity contribution in [2.45, 2.75) is 0 Å². The third kappa shape index (κ3) is 1.93. The number of carbonyl (C=O) groups is 1. The fraction of sp³-hybridized carbons (Fsp3) is 0.125. The Morgan fingerprint density at radius 3 is 3.08 bits per heavy atom. The quantitative estimate of drug-likeness (QED) is 0.744. The molecule has 3 nitrogen and oxygen atoms in total. The van der Waals surface area contributed by atoms with Crippen LogP contribution in [-0.2, 0) is 0 Å². The predicted molar refractivity (Wildman–Crippen MR) is 49.4 cm³/mol. The van der Waals surface area contributed by atoms with Gasteiger partial charge in [-0.25, -0.2) is 4.79 Å². The zero-order chi connectivity index (χ0) is 8.97. The van der Waals surface area contributed by atoms with Crippen molar-refractivity contribution in [2.24, 2.45) is 5.73 Å². The van der Waals surface area contributed by atoms with E-state index in [4.69, 9.17) is 10.8 Å². The minimum Gasteiger partial charge on any atom is -0.478 e. The molecule has 3 N–H and O–H groups in total. The van der Waals surface area contributed by atoms with Crippen molar-refractivity contribution in [2.75, 3.05) is 6.54 Å². The number of carboxylic acids is 1. The fourth-order valence-corrected chi connectivity index (χ4v) is 1.61. The summed E-state index contributed by atoms with van der Waals surface area (Å²) in [6.07, 6.45) is 3.46. The molecule has 0 amide bonds. The van der Waals surface area contributed by atoms with E-state index >= 15 is 0 Å². The molecular weight excluding hydrogens is 174 g/mol. The molecule has 0 atom stereocenters. The molecule has 0 saturated carbocycles. The van der Waals surface area contributed by atoms with E-state index in [0.717, 1.165) is 4.88 Å². The smallest absolute Gasteiger partial charge is 0.337 e. The van der Waals surface area contributed by atoms with Gasteiger partial charge in [0.05, 0.1) is 5.56 Å². The SMILES string of the molecule is NCC=Cc1sccc1C(=O)O. The van der Waals surface area contributed by atoms with E-state index in [1.807, 2.05) is 0 Å². The Labute approximate surface area is 74.1 Å². The van der Waals surface area contributed by atoms with Crippen molar-refractivity contribution >= 4 is 23.4 Å². The van der Waals surface area contributed by atoms with Crippen LogP contribution in [0, 0.1) is 0 Å². The maximum absolute atomic E-state index is 10.6. The molecular formula is C8H9NO2S. The second-order valence-corrected chi connectivity index (χ2v) is 3.09. The number of carboxylic acid groups (broad SMARTS) is 1. The molecule has 1 aromatic heterocycles. The zero-order valence-electron chi connectivity index (χ0n) is 6.36. The summed E-state index contributed by atoms with van der Waals surface area (Å²) in [4.78, 5) is 11.3. The first-order valence-corrected chi connectivity index (χ1v) is 4.31. The van der Waals surface area contributed by atoms with Crippen molar-refractivity contribution in [3.63, 3.8) is 0 Å². The van der Waals surface area contributed by atoms with Crippen LogP contribution in [0.2, 0.25) is 0 Å². The van der Waals surface area contributed by atoms with Crippen molar-refractivity contribution < 1.29 is 9.90 Å². The topological polar surface area (TPSA) is 63.3 Å². The van der Waals surface area contributed by atoms with Crippen LogP contribution >= 0.6 is 11.3 Å². The van der Waals surface area contributed by atoms with Gasteiger partial charge in [0.15, 0.2) is 0 Å². The first-order valence-electron chi connectivity index (χ1n) is 3.43. The minimum absolute atomic E-state index is 0.338. The van der Waals surface area contributed by atoms with Gasteiger partial charge >= 0.3 is 5.97 Å². The summed E-state index contributed by atoms with van der Waals surface area (Å²) < 4.78 is 0. The molecule has 0 aromatic carbocycles. The standard InChI is InChI=1S/C8H9NO2S/c9-4-1-2-7-6(8(10)11)3-5-12-7/h1-3,5H,4,9H2,(H,10,11). The molecule has 0 aliphatic heterocycles. The number of rotatable bonds is 3. The number of hydrogen-bond donors (Lipinski definition) is 2. The van der Waals surface area contributed by atoms with E-state index < -0.39 is 5.97 Å². The first-order chi connectivity index (χ1) is 5.75. The van der Waals surface area contributed by atoms with Gasteiger partial charge in [-0.1, -0.05) is 6.08 Å². The Kier molecular flexibility index (Phi) is 3.01. The second-order valence-electron chi connectivity index (χ2n) is 2.14. The van der Waals surface area contributed by atoms with Gasteiger partial charge in [0.25, 0.3) is 0 Å². The first kappa shape index (κ1) is 8.96. The van der Waals surface area contributed by atoms with Gasteiger partial charge in [0, 0.05) is 11.4 Å². The van der Waals surface area contributed by atoms with Crippen molar-refractivity contribution in [1.82, 2.24) is 0 Å². The summed E-state index contributed by atoms with van der Waals surface area (Å²) >= 11 is 1.39. The summed E-state index contributed by atoms with van der Waals surface area (Å²) in [6, 6.07) is 1.59. The van der Waals surface area contributed by atoms with E-state index in [1.54, 1.807) is 23.6 Å². The molecule has 12 heavy (non-hydrogen) atoms. The maximum atomic E-state index is 10.6. The molecule has 0 fully saturated rings. The summed E-state index contributed by atoms with van der Waals surface area (Å²) in [5, 5.41) is 10.4. The minimum atomic E-state index is -0.895. The van der Waals surface area contributed by atoms with E-state index in [1.165, 1.54) is 11.3 Å². The highest BCUT2D eigenvalue weighted by atomic mass is 32.1. The molecule has 64 valence electrons. The molecule has 1 aromatic rings. The van der Waals surface area contributed by atoms with Gasteiger partial charge in [-0.3, -0.25) is 0 Å². The van der Waals surface area contributed by atoms with Gasteiger partial charge in [0.2, 0.25) is 0 Å². The Morgan fingerprint density at radius 2 is 2.50 bits per heavy atom. The predicted octanol–water partition coefficient (Wildman–Crippen LogP) is 1.42. The summed E-state index contributed by atoms with van der Waals surface area (Å²) in [5.41, 5.74) is 5.58. The molecule has 0 radical (unpaired) electrons. The lowest BCUT2D eigenvalue weighted by Gasteiger charge is -1.90. The van der Waals surface area contributed by atoms with Gasteiger partial charge in [-0.05, 0) is 17.5 Å². The van der Waals surface area contributed by atoms with Crippen LogP contribution in [0.5, 0.6) is 0 Å². The van der Waals surface area contributed by atoms with Crippen LogP contribution in [-0.4, -0.2) is 17.6 Å². The van der Waals surface area contributed by atoms with Gasteiger partial charge in [0.1, 0.15) is 0 Å². The van der Waals surface area contributed by atoms with Crippen molar-refractivity contribution in [3.8, 4) is 0 Å². The van der Waals surface area contributed by atoms with E-state index in [9.17, 15) is 4.79 Å². The van der Waals surface area contributed by atoms with Gasteiger partial charge < -0.3 is 10.8 Å². The van der Waals surface area contributed by atoms with Crippen LogP contribution in [0.1, 0.15) is 15.2 Å². The van der Waals surface area contributed by atoms with Crippen LogP contribution in [0.15, 0.2) is 17.5 Å². The number of hydrogen-bond acceptors (Lipinski definition) is 3. The van der Waals surface area contributed by atoms with Crippen LogP contribution in [0.25, 0.3) is 6.08 Å². The molecule has 1 heterocycles. The normalized spacial score (nSPS) is 10.8. The van der Waals surface area contributed by atoms with Crippen molar-refractivity contribution in [1.29, 1.82) is 0 Å². The lowest BCUT2D eigenvalue weighted by molar-refractivity contribution is 0.0697. The second kappa shape index (κ2) is 4.04.